The first-order valence-corrected chi connectivity index (χ1v) is 10.4. The highest BCUT2D eigenvalue weighted by molar-refractivity contribution is 5.80. The maximum absolute atomic E-state index is 11.9. The zero-order valence-electron chi connectivity index (χ0n) is 18.2. The molecule has 0 bridgehead atoms. The number of nitrogens with zero attached hydrogens (tertiary/aromatic N) is 2. The number of rotatable bonds is 9. The minimum Gasteiger partial charge on any atom is -0.444 e. The molecule has 1 amide bonds. The van der Waals surface area contributed by atoms with Crippen LogP contribution < -0.4 is 16.0 Å². The van der Waals surface area contributed by atoms with Crippen LogP contribution in [0.2, 0.25) is 0 Å². The van der Waals surface area contributed by atoms with E-state index in [1.54, 1.807) is 7.05 Å². The van der Waals surface area contributed by atoms with Crippen LogP contribution >= 0.6 is 0 Å². The maximum Gasteiger partial charge on any atom is 0.407 e. The number of guanidine groups is 1. The molecule has 1 rings (SSSR count). The Labute approximate surface area is 165 Å². The summed E-state index contributed by atoms with van der Waals surface area (Å²) in [6.45, 7) is 14.9. The average Bonchev–Trinajstić information content (AvgIpc) is 3.07. The number of unbranched alkanes of at least 4 members (excludes halogenated alkanes) is 1. The fourth-order valence-electron chi connectivity index (χ4n) is 3.19. The van der Waals surface area contributed by atoms with Crippen LogP contribution in [0.15, 0.2) is 4.99 Å². The summed E-state index contributed by atoms with van der Waals surface area (Å²) in [5, 5.41) is 9.79. The Morgan fingerprint density at radius 2 is 2.04 bits per heavy atom. The van der Waals surface area contributed by atoms with E-state index in [1.807, 2.05) is 20.8 Å². The van der Waals surface area contributed by atoms with Gasteiger partial charge in [0.15, 0.2) is 5.96 Å². The number of aliphatic imine (C=N–C) groups is 1. The molecular weight excluding hydrogens is 342 g/mol. The molecule has 0 saturated carbocycles. The molecule has 158 valence electrons. The Bertz CT molecular complexity index is 462. The number of carbonyl (C=O) groups is 1. The monoisotopic (exact) mass is 383 g/mol. The van der Waals surface area contributed by atoms with Crippen molar-refractivity contribution in [3.8, 4) is 0 Å². The molecular formula is C20H41N5O2. The number of amides is 1. The van der Waals surface area contributed by atoms with Crippen LogP contribution in [0.25, 0.3) is 0 Å². The molecule has 1 heterocycles. The molecule has 1 aliphatic heterocycles. The van der Waals surface area contributed by atoms with Crippen molar-refractivity contribution in [2.24, 2.45) is 10.9 Å². The van der Waals surface area contributed by atoms with Crippen molar-refractivity contribution in [3.05, 3.63) is 0 Å². The van der Waals surface area contributed by atoms with Crippen molar-refractivity contribution in [2.45, 2.75) is 71.9 Å². The smallest absolute Gasteiger partial charge is 0.407 e. The zero-order valence-corrected chi connectivity index (χ0v) is 18.2. The van der Waals surface area contributed by atoms with E-state index in [9.17, 15) is 4.79 Å². The number of nitrogens with one attached hydrogen (secondary N) is 3. The van der Waals surface area contributed by atoms with Gasteiger partial charge in [-0.25, -0.2) is 4.79 Å². The van der Waals surface area contributed by atoms with Crippen molar-refractivity contribution < 1.29 is 9.53 Å². The van der Waals surface area contributed by atoms with Gasteiger partial charge in [-0.1, -0.05) is 26.7 Å². The van der Waals surface area contributed by atoms with E-state index in [4.69, 9.17) is 4.74 Å². The van der Waals surface area contributed by atoms with E-state index in [-0.39, 0.29) is 12.1 Å². The fourth-order valence-corrected chi connectivity index (χ4v) is 3.19. The molecule has 7 nitrogen and oxygen atoms in total. The molecule has 0 aromatic rings. The molecule has 0 spiro atoms. The summed E-state index contributed by atoms with van der Waals surface area (Å²) >= 11 is 0. The van der Waals surface area contributed by atoms with Crippen LogP contribution in [0, 0.1) is 5.92 Å². The predicted molar refractivity (Wildman–Crippen MR) is 112 cm³/mol. The summed E-state index contributed by atoms with van der Waals surface area (Å²) in [6.07, 6.45) is 4.04. The molecule has 1 saturated heterocycles. The SMILES string of the molecule is CCCCC(CNC(=O)OC(C)(C)C)NC(=NC)NCC1CCN(CC)C1. The normalized spacial score (nSPS) is 19.6. The highest BCUT2D eigenvalue weighted by Gasteiger charge is 2.22. The van der Waals surface area contributed by atoms with E-state index in [2.05, 4.69) is 39.7 Å². The van der Waals surface area contributed by atoms with Gasteiger partial charge in [0.2, 0.25) is 0 Å². The molecule has 7 heteroatoms. The Hall–Kier alpha value is -1.50. The van der Waals surface area contributed by atoms with Crippen LogP contribution in [-0.2, 0) is 4.74 Å². The Morgan fingerprint density at radius 1 is 1.30 bits per heavy atom. The van der Waals surface area contributed by atoms with Crippen LogP contribution in [0.1, 0.15) is 60.3 Å². The van der Waals surface area contributed by atoms with E-state index in [0.717, 1.165) is 44.9 Å². The molecule has 0 aliphatic carbocycles. The summed E-state index contributed by atoms with van der Waals surface area (Å²) in [7, 11) is 1.79. The molecule has 27 heavy (non-hydrogen) atoms. The van der Waals surface area contributed by atoms with Crippen molar-refractivity contribution in [3.63, 3.8) is 0 Å². The second-order valence-electron chi connectivity index (χ2n) is 8.37. The van der Waals surface area contributed by atoms with Crippen molar-refractivity contribution in [1.82, 2.24) is 20.9 Å². The minimum atomic E-state index is -0.484. The van der Waals surface area contributed by atoms with Gasteiger partial charge in [-0.3, -0.25) is 4.99 Å². The Morgan fingerprint density at radius 3 is 2.59 bits per heavy atom. The zero-order chi connectivity index (χ0) is 20.3. The highest BCUT2D eigenvalue weighted by Crippen LogP contribution is 2.14. The third-order valence-electron chi connectivity index (χ3n) is 4.74. The number of hydrogen-bond donors (Lipinski definition) is 3. The van der Waals surface area contributed by atoms with Crippen LogP contribution in [0.3, 0.4) is 0 Å². The summed E-state index contributed by atoms with van der Waals surface area (Å²) in [4.78, 5) is 18.8. The number of hydrogen-bond acceptors (Lipinski definition) is 4. The first-order valence-electron chi connectivity index (χ1n) is 10.4. The van der Waals surface area contributed by atoms with Gasteiger partial charge >= 0.3 is 6.09 Å². The lowest BCUT2D eigenvalue weighted by atomic mass is 10.1. The first kappa shape index (κ1) is 23.5. The fraction of sp³-hybridized carbons (Fsp3) is 0.900. The van der Waals surface area contributed by atoms with Crippen molar-refractivity contribution >= 4 is 12.1 Å². The molecule has 0 aromatic carbocycles. The highest BCUT2D eigenvalue weighted by atomic mass is 16.6. The molecule has 1 fully saturated rings. The van der Waals surface area contributed by atoms with Crippen molar-refractivity contribution in [1.29, 1.82) is 0 Å². The van der Waals surface area contributed by atoms with Gasteiger partial charge in [0.25, 0.3) is 0 Å². The Balaban J connectivity index is 2.46. The standard InChI is InChI=1S/C20H41N5O2/c1-7-9-10-17(14-23-19(26)27-20(3,4)5)24-18(21-6)22-13-16-11-12-25(8-2)15-16/h16-17H,7-15H2,1-6H3,(H,23,26)(H2,21,22,24). The minimum absolute atomic E-state index is 0.124. The predicted octanol–water partition coefficient (Wildman–Crippen LogP) is 2.58. The van der Waals surface area contributed by atoms with E-state index < -0.39 is 5.60 Å². The van der Waals surface area contributed by atoms with E-state index >= 15 is 0 Å². The molecule has 2 atom stereocenters. The summed E-state index contributed by atoms with van der Waals surface area (Å²) in [6, 6.07) is 0.124. The molecule has 0 aromatic heterocycles. The van der Waals surface area contributed by atoms with Gasteiger partial charge in [-0.2, -0.15) is 0 Å². The third kappa shape index (κ3) is 10.4. The quantitative estimate of drug-likeness (QED) is 0.421. The maximum atomic E-state index is 11.9. The van der Waals surface area contributed by atoms with Crippen molar-refractivity contribution in [2.75, 3.05) is 39.8 Å². The van der Waals surface area contributed by atoms with Gasteiger partial charge < -0.3 is 25.6 Å². The second kappa shape index (κ2) is 12.1. The van der Waals surface area contributed by atoms with Crippen LogP contribution in [0.4, 0.5) is 4.79 Å². The lowest BCUT2D eigenvalue weighted by Crippen LogP contribution is -2.49. The summed E-state index contributed by atoms with van der Waals surface area (Å²) in [5.74, 6) is 1.47. The first-order chi connectivity index (χ1) is 12.8. The Kier molecular flexibility index (Phi) is 10.5. The topological polar surface area (TPSA) is 78.0 Å². The van der Waals surface area contributed by atoms with E-state index in [0.29, 0.717) is 12.5 Å². The number of alkyl carbamates (subject to hydrolysis) is 1. The largest absolute Gasteiger partial charge is 0.444 e. The summed E-state index contributed by atoms with van der Waals surface area (Å²) in [5.41, 5.74) is -0.484. The third-order valence-corrected chi connectivity index (χ3v) is 4.74. The molecule has 1 aliphatic rings. The van der Waals surface area contributed by atoms with Gasteiger partial charge in [0, 0.05) is 32.7 Å². The van der Waals surface area contributed by atoms with Gasteiger partial charge in [-0.05, 0) is 52.6 Å². The second-order valence-corrected chi connectivity index (χ2v) is 8.37. The van der Waals surface area contributed by atoms with Crippen LogP contribution in [-0.4, -0.2) is 68.4 Å². The lowest BCUT2D eigenvalue weighted by molar-refractivity contribution is 0.0523. The van der Waals surface area contributed by atoms with Gasteiger partial charge in [0.05, 0.1) is 0 Å². The van der Waals surface area contributed by atoms with Gasteiger partial charge in [-0.15, -0.1) is 0 Å². The number of likely N-dealkylation sites (tertiary alicyclic amines) is 1. The van der Waals surface area contributed by atoms with Gasteiger partial charge in [0.1, 0.15) is 5.60 Å². The average molecular weight is 384 g/mol. The molecule has 2 unspecified atom stereocenters. The molecule has 0 radical (unpaired) electrons. The summed E-state index contributed by atoms with van der Waals surface area (Å²) < 4.78 is 5.33. The lowest BCUT2D eigenvalue weighted by Gasteiger charge is -2.24. The van der Waals surface area contributed by atoms with Crippen LogP contribution in [0.5, 0.6) is 0 Å². The van der Waals surface area contributed by atoms with E-state index in [1.165, 1.54) is 13.0 Å². The number of carbonyl (C=O) groups excluding carboxylic acids is 1. The number of ether oxygens (including phenoxy) is 1. The molecule has 3 N–H and O–H groups in total.